The molecule has 116 valence electrons. The highest BCUT2D eigenvalue weighted by atomic mass is 15.3. The van der Waals surface area contributed by atoms with Crippen molar-refractivity contribution in [2.75, 3.05) is 13.1 Å². The Kier molecular flexibility index (Phi) is 3.98. The van der Waals surface area contributed by atoms with E-state index in [2.05, 4.69) is 40.3 Å². The van der Waals surface area contributed by atoms with Crippen molar-refractivity contribution in [2.45, 2.75) is 51.0 Å². The zero-order valence-corrected chi connectivity index (χ0v) is 13.2. The molecule has 22 heavy (non-hydrogen) atoms. The smallest absolute Gasteiger partial charge is 0.0720 e. The second-order valence-electron chi connectivity index (χ2n) is 6.63. The fourth-order valence-corrected chi connectivity index (χ4v) is 4.02. The van der Waals surface area contributed by atoms with Crippen molar-refractivity contribution in [1.82, 2.24) is 15.1 Å². The quantitative estimate of drug-likeness (QED) is 0.914. The molecule has 4 rings (SSSR count). The molecule has 0 saturated heterocycles. The lowest BCUT2D eigenvalue weighted by atomic mass is 9.94. The van der Waals surface area contributed by atoms with Gasteiger partial charge in [0.05, 0.1) is 17.4 Å². The topological polar surface area (TPSA) is 29.9 Å². The Hall–Kier alpha value is -1.61. The second-order valence-corrected chi connectivity index (χ2v) is 6.63. The van der Waals surface area contributed by atoms with Crippen LogP contribution < -0.4 is 5.32 Å². The van der Waals surface area contributed by atoms with E-state index < -0.39 is 0 Å². The van der Waals surface area contributed by atoms with Gasteiger partial charge in [0, 0.05) is 24.1 Å². The maximum absolute atomic E-state index is 5.09. The molecule has 2 aliphatic rings. The zero-order chi connectivity index (χ0) is 14.8. The van der Waals surface area contributed by atoms with E-state index in [0.29, 0.717) is 6.04 Å². The molecule has 3 nitrogen and oxygen atoms in total. The van der Waals surface area contributed by atoms with E-state index in [-0.39, 0.29) is 0 Å². The van der Waals surface area contributed by atoms with Crippen molar-refractivity contribution in [3.8, 4) is 11.3 Å². The third kappa shape index (κ3) is 2.58. The summed E-state index contributed by atoms with van der Waals surface area (Å²) in [6.45, 7) is 2.13. The normalized spacial score (nSPS) is 19.6. The summed E-state index contributed by atoms with van der Waals surface area (Å²) in [5, 5.41) is 8.60. The average molecular weight is 295 g/mol. The van der Waals surface area contributed by atoms with Gasteiger partial charge in [-0.05, 0) is 25.8 Å². The molecular formula is C19H25N3. The number of hydrogen-bond acceptors (Lipinski definition) is 2. The highest BCUT2D eigenvalue weighted by Gasteiger charge is 2.25. The van der Waals surface area contributed by atoms with E-state index in [1.807, 2.05) is 0 Å². The van der Waals surface area contributed by atoms with Crippen molar-refractivity contribution < 1.29 is 0 Å². The van der Waals surface area contributed by atoms with Crippen LogP contribution in [0.15, 0.2) is 30.3 Å². The molecule has 0 radical (unpaired) electrons. The van der Waals surface area contributed by atoms with E-state index in [0.717, 1.165) is 25.9 Å². The van der Waals surface area contributed by atoms with Crippen molar-refractivity contribution in [2.24, 2.45) is 0 Å². The van der Waals surface area contributed by atoms with E-state index in [1.54, 1.807) is 0 Å². The van der Waals surface area contributed by atoms with Gasteiger partial charge in [0.1, 0.15) is 0 Å². The molecule has 2 aromatic rings. The molecule has 0 amide bonds. The lowest BCUT2D eigenvalue weighted by Gasteiger charge is -2.24. The predicted molar refractivity (Wildman–Crippen MR) is 90.1 cm³/mol. The monoisotopic (exact) mass is 295 g/mol. The Morgan fingerprint density at radius 1 is 0.955 bits per heavy atom. The van der Waals surface area contributed by atoms with Crippen LogP contribution in [0.3, 0.4) is 0 Å². The van der Waals surface area contributed by atoms with Gasteiger partial charge in [-0.25, -0.2) is 0 Å². The summed E-state index contributed by atoms with van der Waals surface area (Å²) >= 11 is 0. The van der Waals surface area contributed by atoms with Crippen LogP contribution in [0.25, 0.3) is 11.3 Å². The van der Waals surface area contributed by atoms with Crippen LogP contribution in [0.1, 0.15) is 49.4 Å². The lowest BCUT2D eigenvalue weighted by molar-refractivity contribution is 0.330. The first-order chi connectivity index (χ1) is 10.9. The summed E-state index contributed by atoms with van der Waals surface area (Å²) in [5.74, 6) is 0. The van der Waals surface area contributed by atoms with Crippen LogP contribution in [0, 0.1) is 0 Å². The second kappa shape index (κ2) is 6.25. The SMILES string of the molecule is c1ccc(-c2c3c(nn2C2CCCCC2)CCNCC3)cc1. The summed E-state index contributed by atoms with van der Waals surface area (Å²) < 4.78 is 2.39. The highest BCUT2D eigenvalue weighted by Crippen LogP contribution is 2.35. The number of benzene rings is 1. The minimum absolute atomic E-state index is 0.601. The number of rotatable bonds is 2. The van der Waals surface area contributed by atoms with Crippen LogP contribution in [0.4, 0.5) is 0 Å². The summed E-state index contributed by atoms with van der Waals surface area (Å²) in [6.07, 6.45) is 8.84. The van der Waals surface area contributed by atoms with E-state index in [1.165, 1.54) is 54.6 Å². The Balaban J connectivity index is 1.82. The largest absolute Gasteiger partial charge is 0.316 e. The van der Waals surface area contributed by atoms with Crippen molar-refractivity contribution in [1.29, 1.82) is 0 Å². The molecule has 1 N–H and O–H groups in total. The lowest BCUT2D eigenvalue weighted by Crippen LogP contribution is -2.19. The van der Waals surface area contributed by atoms with Gasteiger partial charge in [0.2, 0.25) is 0 Å². The summed E-state index contributed by atoms with van der Waals surface area (Å²) in [6, 6.07) is 11.5. The molecule has 0 atom stereocenters. The number of hydrogen-bond donors (Lipinski definition) is 1. The van der Waals surface area contributed by atoms with Crippen LogP contribution in [-0.4, -0.2) is 22.9 Å². The molecule has 1 fully saturated rings. The molecular weight excluding hydrogens is 270 g/mol. The molecule has 1 aromatic heterocycles. The summed E-state index contributed by atoms with van der Waals surface area (Å²) in [7, 11) is 0. The van der Waals surface area contributed by atoms with E-state index in [9.17, 15) is 0 Å². The molecule has 0 spiro atoms. The van der Waals surface area contributed by atoms with Gasteiger partial charge in [-0.1, -0.05) is 49.6 Å². The standard InChI is InChI=1S/C19H25N3/c1-3-7-15(8-4-1)19-17-11-13-20-14-12-18(17)21-22(19)16-9-5-2-6-10-16/h1,3-4,7-8,16,20H,2,5-6,9-14H2. The third-order valence-electron chi connectivity index (χ3n) is 5.15. The van der Waals surface area contributed by atoms with Gasteiger partial charge in [-0.15, -0.1) is 0 Å². The van der Waals surface area contributed by atoms with Gasteiger partial charge in [-0.2, -0.15) is 5.10 Å². The Morgan fingerprint density at radius 3 is 2.55 bits per heavy atom. The number of nitrogens with one attached hydrogen (secondary N) is 1. The fraction of sp³-hybridized carbons (Fsp3) is 0.526. The molecule has 0 bridgehead atoms. The van der Waals surface area contributed by atoms with Crippen LogP contribution in [0.2, 0.25) is 0 Å². The Labute approximate surface area is 132 Å². The van der Waals surface area contributed by atoms with Gasteiger partial charge >= 0.3 is 0 Å². The van der Waals surface area contributed by atoms with Crippen molar-refractivity contribution in [3.05, 3.63) is 41.6 Å². The molecule has 0 unspecified atom stereocenters. The minimum Gasteiger partial charge on any atom is -0.316 e. The predicted octanol–water partition coefficient (Wildman–Crippen LogP) is 3.74. The summed E-state index contributed by atoms with van der Waals surface area (Å²) in [4.78, 5) is 0. The number of aromatic nitrogens is 2. The van der Waals surface area contributed by atoms with Gasteiger partial charge < -0.3 is 5.32 Å². The van der Waals surface area contributed by atoms with E-state index in [4.69, 9.17) is 5.10 Å². The van der Waals surface area contributed by atoms with Crippen molar-refractivity contribution >= 4 is 0 Å². The number of nitrogens with zero attached hydrogens (tertiary/aromatic N) is 2. The maximum Gasteiger partial charge on any atom is 0.0720 e. The van der Waals surface area contributed by atoms with Crippen LogP contribution in [-0.2, 0) is 12.8 Å². The van der Waals surface area contributed by atoms with Crippen LogP contribution in [0.5, 0.6) is 0 Å². The minimum atomic E-state index is 0.601. The molecule has 1 aromatic carbocycles. The third-order valence-corrected chi connectivity index (χ3v) is 5.15. The van der Waals surface area contributed by atoms with Crippen LogP contribution >= 0.6 is 0 Å². The first-order valence-electron chi connectivity index (χ1n) is 8.80. The van der Waals surface area contributed by atoms with Gasteiger partial charge in [-0.3, -0.25) is 4.68 Å². The number of fused-ring (bicyclic) bond motifs is 1. The fourth-order valence-electron chi connectivity index (χ4n) is 4.02. The van der Waals surface area contributed by atoms with Gasteiger partial charge in [0.25, 0.3) is 0 Å². The molecule has 1 aliphatic carbocycles. The first-order valence-corrected chi connectivity index (χ1v) is 8.80. The summed E-state index contributed by atoms with van der Waals surface area (Å²) in [5.41, 5.74) is 5.55. The molecule has 1 aliphatic heterocycles. The first kappa shape index (κ1) is 14.0. The Morgan fingerprint density at radius 2 is 1.73 bits per heavy atom. The average Bonchev–Trinajstić information content (AvgIpc) is 2.79. The van der Waals surface area contributed by atoms with Crippen molar-refractivity contribution in [3.63, 3.8) is 0 Å². The maximum atomic E-state index is 5.09. The zero-order valence-electron chi connectivity index (χ0n) is 13.2. The van der Waals surface area contributed by atoms with Gasteiger partial charge in [0.15, 0.2) is 0 Å². The molecule has 3 heteroatoms. The van der Waals surface area contributed by atoms with E-state index >= 15 is 0 Å². The molecule has 2 heterocycles. The highest BCUT2D eigenvalue weighted by molar-refractivity contribution is 5.65. The molecule has 1 saturated carbocycles. The Bertz CT molecular complexity index is 624.